The van der Waals surface area contributed by atoms with Gasteiger partial charge in [0, 0.05) is 22.3 Å². The summed E-state index contributed by atoms with van der Waals surface area (Å²) in [5.74, 6) is 0.403. The van der Waals surface area contributed by atoms with Crippen LogP contribution in [-0.2, 0) is 9.59 Å². The molecule has 3 amide bonds. The average molecular weight is 613 g/mol. The van der Waals surface area contributed by atoms with Gasteiger partial charge in [0.15, 0.2) is 11.5 Å². The summed E-state index contributed by atoms with van der Waals surface area (Å²) in [5.41, 5.74) is 1.36. The molecule has 4 aromatic rings. The zero-order valence-corrected chi connectivity index (χ0v) is 25.4. The summed E-state index contributed by atoms with van der Waals surface area (Å²) in [7, 11) is 4.47. The summed E-state index contributed by atoms with van der Waals surface area (Å²) < 4.78 is 16.3. The molecule has 0 aliphatic carbocycles. The lowest BCUT2D eigenvalue weighted by atomic mass is 10.1. The molecule has 0 saturated heterocycles. The van der Waals surface area contributed by atoms with Gasteiger partial charge in [-0.2, -0.15) is 0 Å². The third-order valence-corrected chi connectivity index (χ3v) is 7.31. The molecule has 0 fully saturated rings. The van der Waals surface area contributed by atoms with E-state index in [1.165, 1.54) is 39.2 Å². The van der Waals surface area contributed by atoms with Crippen LogP contribution in [0.15, 0.2) is 102 Å². The van der Waals surface area contributed by atoms with Crippen molar-refractivity contribution in [1.82, 2.24) is 10.3 Å². The van der Waals surface area contributed by atoms with E-state index in [1.807, 2.05) is 6.07 Å². The molecule has 0 aliphatic rings. The molecule has 0 aliphatic heterocycles. The van der Waals surface area contributed by atoms with Gasteiger partial charge in [0.25, 0.3) is 11.8 Å². The van der Waals surface area contributed by atoms with Gasteiger partial charge >= 0.3 is 0 Å². The lowest BCUT2D eigenvalue weighted by Crippen LogP contribution is -2.30. The molecule has 10 nitrogen and oxygen atoms in total. The van der Waals surface area contributed by atoms with E-state index in [0.717, 1.165) is 4.90 Å². The summed E-state index contributed by atoms with van der Waals surface area (Å²) in [4.78, 5) is 44.2. The number of rotatable bonds is 12. The number of methoxy groups -OCH3 is 3. The van der Waals surface area contributed by atoms with Crippen LogP contribution in [0.2, 0.25) is 0 Å². The quantitative estimate of drug-likeness (QED) is 0.139. The van der Waals surface area contributed by atoms with E-state index >= 15 is 0 Å². The molecule has 0 bridgehead atoms. The molecule has 0 spiro atoms. The van der Waals surface area contributed by atoms with Crippen molar-refractivity contribution in [3.8, 4) is 17.2 Å². The monoisotopic (exact) mass is 612 g/mol. The topological polar surface area (TPSA) is 128 Å². The number of pyridine rings is 1. The highest BCUT2D eigenvalue weighted by atomic mass is 32.2. The molecule has 0 saturated carbocycles. The Bertz CT molecular complexity index is 1620. The molecule has 1 aromatic heterocycles. The predicted molar refractivity (Wildman–Crippen MR) is 171 cm³/mol. The SMILES string of the molecule is COc1cc(/C=C(/NC(=O)c2ccccc2)C(=O)Nc2cccc(SC(C)C(=O)Nc3ccccn3)c2)cc(OC)c1OC. The number of thioether (sulfide) groups is 1. The second-order valence-electron chi connectivity index (χ2n) is 9.28. The maximum absolute atomic E-state index is 13.6. The zero-order valence-electron chi connectivity index (χ0n) is 24.6. The Morgan fingerprint density at radius 2 is 1.52 bits per heavy atom. The van der Waals surface area contributed by atoms with Gasteiger partial charge < -0.3 is 30.2 Å². The first-order chi connectivity index (χ1) is 21.3. The summed E-state index contributed by atoms with van der Waals surface area (Å²) in [6, 6.07) is 24.3. The largest absolute Gasteiger partial charge is 0.493 e. The van der Waals surface area contributed by atoms with E-state index in [2.05, 4.69) is 20.9 Å². The Morgan fingerprint density at radius 3 is 2.16 bits per heavy atom. The maximum Gasteiger partial charge on any atom is 0.272 e. The van der Waals surface area contributed by atoms with Gasteiger partial charge in [0.05, 0.1) is 26.6 Å². The smallest absolute Gasteiger partial charge is 0.272 e. The van der Waals surface area contributed by atoms with Crippen LogP contribution < -0.4 is 30.2 Å². The van der Waals surface area contributed by atoms with Gasteiger partial charge in [0.1, 0.15) is 11.5 Å². The summed E-state index contributed by atoms with van der Waals surface area (Å²) in [6.07, 6.45) is 3.12. The van der Waals surface area contributed by atoms with Crippen LogP contribution in [-0.4, -0.2) is 49.3 Å². The summed E-state index contributed by atoms with van der Waals surface area (Å²) in [5, 5.41) is 7.92. The van der Waals surface area contributed by atoms with Crippen LogP contribution in [0, 0.1) is 0 Å². The molecule has 44 heavy (non-hydrogen) atoms. The zero-order chi connectivity index (χ0) is 31.5. The van der Waals surface area contributed by atoms with Crippen molar-refractivity contribution in [3.05, 3.63) is 108 Å². The van der Waals surface area contributed by atoms with Crippen LogP contribution in [0.4, 0.5) is 11.5 Å². The molecule has 1 atom stereocenters. The number of amides is 3. The number of carbonyl (C=O) groups is 3. The Kier molecular flexibility index (Phi) is 11.0. The molecule has 3 N–H and O–H groups in total. The number of carbonyl (C=O) groups excluding carboxylic acids is 3. The Balaban J connectivity index is 1.57. The number of hydrogen-bond donors (Lipinski definition) is 3. The lowest BCUT2D eigenvalue weighted by Gasteiger charge is -2.15. The molecule has 4 rings (SSSR count). The van der Waals surface area contributed by atoms with Crippen molar-refractivity contribution in [3.63, 3.8) is 0 Å². The van der Waals surface area contributed by atoms with Gasteiger partial charge in [-0.15, -0.1) is 11.8 Å². The highest BCUT2D eigenvalue weighted by Gasteiger charge is 2.19. The van der Waals surface area contributed by atoms with Crippen LogP contribution in [0.3, 0.4) is 0 Å². The minimum Gasteiger partial charge on any atom is -0.493 e. The summed E-state index contributed by atoms with van der Waals surface area (Å²) >= 11 is 1.33. The Morgan fingerprint density at radius 1 is 0.818 bits per heavy atom. The van der Waals surface area contributed by atoms with Crippen LogP contribution in [0.1, 0.15) is 22.8 Å². The van der Waals surface area contributed by atoms with Crippen molar-refractivity contribution in [1.29, 1.82) is 0 Å². The van der Waals surface area contributed by atoms with E-state index in [9.17, 15) is 14.4 Å². The average Bonchev–Trinajstić information content (AvgIpc) is 3.04. The molecular formula is C33H32N4O6S. The molecule has 1 heterocycles. The molecule has 226 valence electrons. The first-order valence-corrected chi connectivity index (χ1v) is 14.4. The van der Waals surface area contributed by atoms with Crippen molar-refractivity contribution in [2.24, 2.45) is 0 Å². The second kappa shape index (κ2) is 15.3. The fraction of sp³-hybridized carbons (Fsp3) is 0.152. The van der Waals surface area contributed by atoms with Crippen molar-refractivity contribution >= 4 is 47.1 Å². The molecular weight excluding hydrogens is 580 g/mol. The van der Waals surface area contributed by atoms with Gasteiger partial charge in [-0.05, 0) is 73.2 Å². The number of aromatic nitrogens is 1. The molecule has 0 radical (unpaired) electrons. The molecule has 1 unspecified atom stereocenters. The highest BCUT2D eigenvalue weighted by molar-refractivity contribution is 8.00. The number of hydrogen-bond acceptors (Lipinski definition) is 8. The minimum absolute atomic E-state index is 0.0192. The highest BCUT2D eigenvalue weighted by Crippen LogP contribution is 2.38. The van der Waals surface area contributed by atoms with Gasteiger partial charge in [-0.3, -0.25) is 14.4 Å². The standard InChI is InChI=1S/C33H32N4O6S/c1-21(31(38)37-29-15-8-9-16-34-29)44-25-14-10-13-24(20-25)35-33(40)26(36-32(39)23-11-6-5-7-12-23)17-22-18-27(41-2)30(43-4)28(19-22)42-3/h5-21H,1-4H3,(H,35,40)(H,36,39)(H,34,37,38)/b26-17+. The third kappa shape index (κ3) is 8.39. The van der Waals surface area contributed by atoms with E-state index in [0.29, 0.717) is 39.9 Å². The lowest BCUT2D eigenvalue weighted by molar-refractivity contribution is -0.115. The fourth-order valence-electron chi connectivity index (χ4n) is 4.06. The first-order valence-electron chi connectivity index (χ1n) is 13.5. The van der Waals surface area contributed by atoms with Crippen LogP contribution in [0.25, 0.3) is 6.08 Å². The Labute approximate surface area is 259 Å². The van der Waals surface area contributed by atoms with Crippen LogP contribution in [0.5, 0.6) is 17.2 Å². The molecule has 3 aromatic carbocycles. The number of nitrogens with zero attached hydrogens (tertiary/aromatic N) is 1. The van der Waals surface area contributed by atoms with Gasteiger partial charge in [-0.25, -0.2) is 4.98 Å². The number of ether oxygens (including phenoxy) is 3. The first kappa shape index (κ1) is 31.6. The maximum atomic E-state index is 13.6. The van der Waals surface area contributed by atoms with E-state index in [4.69, 9.17) is 14.2 Å². The third-order valence-electron chi connectivity index (χ3n) is 6.22. The summed E-state index contributed by atoms with van der Waals surface area (Å²) in [6.45, 7) is 1.78. The number of nitrogens with one attached hydrogen (secondary N) is 3. The second-order valence-corrected chi connectivity index (χ2v) is 10.7. The normalized spacial score (nSPS) is 11.6. The van der Waals surface area contributed by atoms with E-state index in [1.54, 1.807) is 92.0 Å². The number of benzene rings is 3. The fourth-order valence-corrected chi connectivity index (χ4v) is 4.99. The van der Waals surface area contributed by atoms with E-state index < -0.39 is 17.1 Å². The van der Waals surface area contributed by atoms with E-state index in [-0.39, 0.29) is 11.6 Å². The van der Waals surface area contributed by atoms with Crippen LogP contribution >= 0.6 is 11.8 Å². The Hall–Kier alpha value is -5.29. The number of anilines is 2. The van der Waals surface area contributed by atoms with Crippen molar-refractivity contribution < 1.29 is 28.6 Å². The van der Waals surface area contributed by atoms with Crippen molar-refractivity contribution in [2.45, 2.75) is 17.1 Å². The van der Waals surface area contributed by atoms with Crippen molar-refractivity contribution in [2.75, 3.05) is 32.0 Å². The van der Waals surface area contributed by atoms with Gasteiger partial charge in [0.2, 0.25) is 11.7 Å². The van der Waals surface area contributed by atoms with Gasteiger partial charge in [-0.1, -0.05) is 30.3 Å². The minimum atomic E-state index is -0.564. The molecule has 11 heteroatoms. The predicted octanol–water partition coefficient (Wildman–Crippen LogP) is 5.64.